The van der Waals surface area contributed by atoms with E-state index >= 15 is 0 Å². The number of nitrogens with zero attached hydrogens (tertiary/aromatic N) is 3. The number of aliphatic hydroxyl groups excluding tert-OH is 1. The topological polar surface area (TPSA) is 96.2 Å². The van der Waals surface area contributed by atoms with E-state index < -0.39 is 11.0 Å². The number of likely N-dealkylation sites (N-methyl/N-ethyl adjacent to an activating group) is 1. The van der Waals surface area contributed by atoms with E-state index in [9.17, 15) is 20.0 Å². The number of hydrogen-bond acceptors (Lipinski definition) is 6. The highest BCUT2D eigenvalue weighted by molar-refractivity contribution is 5.79. The van der Waals surface area contributed by atoms with E-state index in [1.165, 1.54) is 19.2 Å². The van der Waals surface area contributed by atoms with Crippen LogP contribution in [0.2, 0.25) is 0 Å². The van der Waals surface area contributed by atoms with E-state index in [2.05, 4.69) is 4.90 Å². The van der Waals surface area contributed by atoms with E-state index in [1.807, 2.05) is 30.3 Å². The first-order valence-electron chi connectivity index (χ1n) is 9.92. The van der Waals surface area contributed by atoms with Crippen LogP contribution in [0.5, 0.6) is 5.75 Å². The summed E-state index contributed by atoms with van der Waals surface area (Å²) in [5.41, 5.74) is 1.50. The minimum absolute atomic E-state index is 0.0447. The predicted molar refractivity (Wildman–Crippen MR) is 112 cm³/mol. The van der Waals surface area contributed by atoms with Gasteiger partial charge in [0.1, 0.15) is 0 Å². The lowest BCUT2D eigenvalue weighted by Crippen LogP contribution is -2.50. The Balaban J connectivity index is 1.78. The third-order valence-corrected chi connectivity index (χ3v) is 5.51. The summed E-state index contributed by atoms with van der Waals surface area (Å²) in [7, 11) is 3.12. The molecule has 2 unspecified atom stereocenters. The number of benzene rings is 2. The maximum absolute atomic E-state index is 13.1. The Kier molecular flexibility index (Phi) is 7.02. The summed E-state index contributed by atoms with van der Waals surface area (Å²) in [6.45, 7) is 1.23. The number of carbonyl (C=O) groups excluding carboxylic acids is 1. The maximum Gasteiger partial charge on any atom is 0.311 e. The van der Waals surface area contributed by atoms with Crippen LogP contribution < -0.4 is 4.74 Å². The molecule has 30 heavy (non-hydrogen) atoms. The fourth-order valence-electron chi connectivity index (χ4n) is 3.83. The Labute approximate surface area is 175 Å². The van der Waals surface area contributed by atoms with Gasteiger partial charge in [0.05, 0.1) is 30.7 Å². The molecule has 1 amide bonds. The average Bonchev–Trinajstić information content (AvgIpc) is 3.18. The van der Waals surface area contributed by atoms with Crippen LogP contribution in [0.15, 0.2) is 48.5 Å². The van der Waals surface area contributed by atoms with E-state index in [0.717, 1.165) is 5.56 Å². The number of nitro benzene ring substituents is 1. The van der Waals surface area contributed by atoms with Crippen molar-refractivity contribution in [3.8, 4) is 5.75 Å². The third kappa shape index (κ3) is 5.14. The summed E-state index contributed by atoms with van der Waals surface area (Å²) >= 11 is 0. The molecule has 3 rings (SSSR count). The zero-order valence-electron chi connectivity index (χ0n) is 17.2. The van der Waals surface area contributed by atoms with Crippen LogP contribution in [-0.4, -0.2) is 65.3 Å². The van der Waals surface area contributed by atoms with Crippen LogP contribution in [0.1, 0.15) is 17.5 Å². The highest BCUT2D eigenvalue weighted by Gasteiger charge is 2.32. The second-order valence-corrected chi connectivity index (χ2v) is 7.55. The Bertz CT molecular complexity index is 890. The van der Waals surface area contributed by atoms with Crippen molar-refractivity contribution in [2.24, 2.45) is 0 Å². The first-order chi connectivity index (χ1) is 14.4. The molecule has 1 fully saturated rings. The van der Waals surface area contributed by atoms with Crippen molar-refractivity contribution < 1.29 is 19.6 Å². The van der Waals surface area contributed by atoms with Gasteiger partial charge < -0.3 is 14.7 Å². The number of carbonyl (C=O) groups is 1. The molecule has 2 aromatic rings. The van der Waals surface area contributed by atoms with Gasteiger partial charge in [-0.3, -0.25) is 19.8 Å². The van der Waals surface area contributed by atoms with Gasteiger partial charge in [0.2, 0.25) is 5.91 Å². The van der Waals surface area contributed by atoms with Gasteiger partial charge in [0.25, 0.3) is 0 Å². The summed E-state index contributed by atoms with van der Waals surface area (Å²) in [4.78, 5) is 27.6. The summed E-state index contributed by atoms with van der Waals surface area (Å²) in [6, 6.07) is 14.5. The van der Waals surface area contributed by atoms with Crippen molar-refractivity contribution in [1.29, 1.82) is 0 Å². The Hall–Kier alpha value is -2.97. The number of rotatable bonds is 8. The fraction of sp³-hybridized carbons (Fsp3) is 0.409. The van der Waals surface area contributed by atoms with Gasteiger partial charge >= 0.3 is 5.69 Å². The van der Waals surface area contributed by atoms with Gasteiger partial charge in [-0.15, -0.1) is 0 Å². The number of ether oxygens (including phenoxy) is 1. The molecule has 0 spiro atoms. The highest BCUT2D eigenvalue weighted by atomic mass is 16.6. The van der Waals surface area contributed by atoms with Gasteiger partial charge in [-0.05, 0) is 23.6 Å². The average molecular weight is 413 g/mol. The number of likely N-dealkylation sites (tertiary alicyclic amines) is 1. The monoisotopic (exact) mass is 413 g/mol. The van der Waals surface area contributed by atoms with Crippen molar-refractivity contribution >= 4 is 11.6 Å². The van der Waals surface area contributed by atoms with Crippen molar-refractivity contribution in [3.05, 3.63) is 69.8 Å². The molecule has 2 atom stereocenters. The van der Waals surface area contributed by atoms with E-state index in [0.29, 0.717) is 31.5 Å². The van der Waals surface area contributed by atoms with Crippen molar-refractivity contribution in [2.45, 2.75) is 31.5 Å². The van der Waals surface area contributed by atoms with Crippen LogP contribution in [0.3, 0.4) is 0 Å². The molecule has 0 bridgehead atoms. The van der Waals surface area contributed by atoms with Gasteiger partial charge in [0, 0.05) is 32.6 Å². The zero-order chi connectivity index (χ0) is 21.7. The second-order valence-electron chi connectivity index (χ2n) is 7.55. The van der Waals surface area contributed by atoms with Crippen molar-refractivity contribution in [2.75, 3.05) is 27.2 Å². The number of hydrogen-bond donors (Lipinski definition) is 1. The molecule has 8 heteroatoms. The molecule has 1 aliphatic rings. The predicted octanol–water partition coefficient (Wildman–Crippen LogP) is 2.24. The molecule has 1 N–H and O–H groups in total. The third-order valence-electron chi connectivity index (χ3n) is 5.51. The number of nitro groups is 1. The Morgan fingerprint density at radius 2 is 2.03 bits per heavy atom. The molecule has 0 saturated carbocycles. The van der Waals surface area contributed by atoms with Crippen LogP contribution in [0, 0.1) is 10.1 Å². The molecule has 1 saturated heterocycles. The summed E-state index contributed by atoms with van der Waals surface area (Å²) in [5.74, 6) is 0.0225. The van der Waals surface area contributed by atoms with Gasteiger partial charge in [-0.1, -0.05) is 36.4 Å². The van der Waals surface area contributed by atoms with Gasteiger partial charge in [-0.25, -0.2) is 0 Å². The number of aliphatic hydroxyl groups is 1. The van der Waals surface area contributed by atoms with E-state index in [1.54, 1.807) is 18.0 Å². The molecule has 2 aromatic carbocycles. The highest BCUT2D eigenvalue weighted by Crippen LogP contribution is 2.28. The van der Waals surface area contributed by atoms with Crippen molar-refractivity contribution in [3.63, 3.8) is 0 Å². The summed E-state index contributed by atoms with van der Waals surface area (Å²) in [6.07, 6.45) is 0.765. The minimum Gasteiger partial charge on any atom is -0.490 e. The molecule has 1 heterocycles. The largest absolute Gasteiger partial charge is 0.490 e. The first-order valence-corrected chi connectivity index (χ1v) is 9.92. The van der Waals surface area contributed by atoms with Crippen LogP contribution in [0.4, 0.5) is 5.69 Å². The number of methoxy groups -OCH3 is 1. The van der Waals surface area contributed by atoms with Crippen LogP contribution in [0.25, 0.3) is 0 Å². The molecule has 0 radical (unpaired) electrons. The lowest BCUT2D eigenvalue weighted by molar-refractivity contribution is -0.385. The number of amides is 1. The Morgan fingerprint density at radius 3 is 2.63 bits per heavy atom. The molecule has 1 aliphatic heterocycles. The van der Waals surface area contributed by atoms with Crippen LogP contribution >= 0.6 is 0 Å². The standard InChI is InChI=1S/C22H27N3O5/c1-23(22(27)14-17-8-9-20(30-2)19(12-17)25(28)29)21(24-11-10-18(26)15-24)13-16-6-4-3-5-7-16/h3-9,12,18,21,26H,10-11,13-15H2,1-2H3. The first kappa shape index (κ1) is 21.7. The number of β-amino-alcohol motifs (C(OH)–C–C–N with tert-alkyl or cyclic N) is 1. The van der Waals surface area contributed by atoms with Gasteiger partial charge in [0.15, 0.2) is 5.75 Å². The molecule has 8 nitrogen and oxygen atoms in total. The van der Waals surface area contributed by atoms with Crippen LogP contribution in [-0.2, 0) is 17.6 Å². The van der Waals surface area contributed by atoms with Gasteiger partial charge in [-0.2, -0.15) is 0 Å². The van der Waals surface area contributed by atoms with Crippen molar-refractivity contribution in [1.82, 2.24) is 9.80 Å². The summed E-state index contributed by atoms with van der Waals surface area (Å²) in [5, 5.41) is 21.2. The molecule has 0 aliphatic carbocycles. The zero-order valence-corrected chi connectivity index (χ0v) is 17.2. The molecule has 160 valence electrons. The lowest BCUT2D eigenvalue weighted by atomic mass is 10.1. The second kappa shape index (κ2) is 9.69. The van der Waals surface area contributed by atoms with E-state index in [4.69, 9.17) is 4.74 Å². The molecular weight excluding hydrogens is 386 g/mol. The fourth-order valence-corrected chi connectivity index (χ4v) is 3.83. The smallest absolute Gasteiger partial charge is 0.311 e. The van der Waals surface area contributed by atoms with E-state index in [-0.39, 0.29) is 29.9 Å². The quantitative estimate of drug-likeness (QED) is 0.527. The minimum atomic E-state index is -0.514. The SMILES string of the molecule is COc1ccc(CC(=O)N(C)C(Cc2ccccc2)N2CCC(O)C2)cc1[N+](=O)[O-]. The lowest BCUT2D eigenvalue weighted by Gasteiger charge is -2.35. The Morgan fingerprint density at radius 1 is 1.30 bits per heavy atom. The summed E-state index contributed by atoms with van der Waals surface area (Å²) < 4.78 is 5.03. The maximum atomic E-state index is 13.1. The molecular formula is C22H27N3O5. The molecule has 0 aromatic heterocycles. The normalized spacial score (nSPS) is 17.5.